The highest BCUT2D eigenvalue weighted by Crippen LogP contribution is 2.20. The Morgan fingerprint density at radius 3 is 2.84 bits per heavy atom. The molecule has 0 aliphatic carbocycles. The van der Waals surface area contributed by atoms with E-state index in [4.69, 9.17) is 5.26 Å². The molecule has 0 saturated carbocycles. The molecule has 5 heteroatoms. The zero-order valence-electron chi connectivity index (χ0n) is 10.2. The van der Waals surface area contributed by atoms with Gasteiger partial charge in [0, 0.05) is 29.6 Å². The maximum absolute atomic E-state index is 12.3. The molecular weight excluding hydrogens is 306 g/mol. The summed E-state index contributed by atoms with van der Waals surface area (Å²) in [5, 5.41) is 8.81. The van der Waals surface area contributed by atoms with Crippen molar-refractivity contribution < 1.29 is 4.79 Å². The van der Waals surface area contributed by atoms with E-state index in [9.17, 15) is 4.79 Å². The van der Waals surface area contributed by atoms with Gasteiger partial charge in [-0.1, -0.05) is 22.0 Å². The van der Waals surface area contributed by atoms with Gasteiger partial charge in [-0.05, 0) is 24.3 Å². The van der Waals surface area contributed by atoms with E-state index in [1.807, 2.05) is 30.3 Å². The van der Waals surface area contributed by atoms with E-state index in [1.165, 1.54) is 23.4 Å². The van der Waals surface area contributed by atoms with Crippen LogP contribution in [0.25, 0.3) is 0 Å². The first-order valence-corrected chi connectivity index (χ1v) is 6.30. The van der Waals surface area contributed by atoms with E-state index in [2.05, 4.69) is 20.9 Å². The molecule has 4 nitrogen and oxygen atoms in total. The molecule has 1 aromatic heterocycles. The van der Waals surface area contributed by atoms with E-state index < -0.39 is 0 Å². The summed E-state index contributed by atoms with van der Waals surface area (Å²) >= 11 is 3.37. The normalized spacial score (nSPS) is 9.74. The first-order valence-electron chi connectivity index (χ1n) is 5.50. The lowest BCUT2D eigenvalue weighted by Crippen LogP contribution is -2.26. The molecule has 1 heterocycles. The molecular formula is C14H10BrN3O. The Balaban J connectivity index is 2.31. The van der Waals surface area contributed by atoms with Crippen molar-refractivity contribution in [2.75, 3.05) is 11.9 Å². The summed E-state index contributed by atoms with van der Waals surface area (Å²) in [4.78, 5) is 17.7. The van der Waals surface area contributed by atoms with Crippen molar-refractivity contribution in [3.05, 3.63) is 58.3 Å². The lowest BCUT2D eigenvalue weighted by atomic mass is 10.2. The van der Waals surface area contributed by atoms with Gasteiger partial charge in [-0.15, -0.1) is 0 Å². The number of nitrogens with zero attached hydrogens (tertiary/aromatic N) is 3. The predicted molar refractivity (Wildman–Crippen MR) is 75.8 cm³/mol. The second kappa shape index (κ2) is 5.63. The van der Waals surface area contributed by atoms with Gasteiger partial charge < -0.3 is 4.90 Å². The Labute approximate surface area is 119 Å². The molecule has 0 N–H and O–H groups in total. The van der Waals surface area contributed by atoms with Gasteiger partial charge in [0.25, 0.3) is 5.91 Å². The highest BCUT2D eigenvalue weighted by atomic mass is 79.9. The first-order chi connectivity index (χ1) is 9.11. The Morgan fingerprint density at radius 1 is 1.37 bits per heavy atom. The lowest BCUT2D eigenvalue weighted by molar-refractivity contribution is 0.0992. The van der Waals surface area contributed by atoms with E-state index in [0.717, 1.165) is 10.2 Å². The largest absolute Gasteiger partial charge is 0.311 e. The SMILES string of the molecule is CN(C(=O)c1cncc(C#N)c1)c1cccc(Br)c1. The smallest absolute Gasteiger partial charge is 0.259 e. The third-order valence-electron chi connectivity index (χ3n) is 2.61. The minimum Gasteiger partial charge on any atom is -0.311 e. The van der Waals surface area contributed by atoms with Crippen molar-refractivity contribution in [3.8, 4) is 6.07 Å². The average Bonchev–Trinajstić information content (AvgIpc) is 2.45. The highest BCUT2D eigenvalue weighted by molar-refractivity contribution is 9.10. The third-order valence-corrected chi connectivity index (χ3v) is 3.11. The van der Waals surface area contributed by atoms with Crippen molar-refractivity contribution >= 4 is 27.5 Å². The molecule has 0 spiro atoms. The summed E-state index contributed by atoms with van der Waals surface area (Å²) in [6.07, 6.45) is 2.88. The van der Waals surface area contributed by atoms with Crippen molar-refractivity contribution in [2.45, 2.75) is 0 Å². The topological polar surface area (TPSA) is 57.0 Å². The van der Waals surface area contributed by atoms with Crippen LogP contribution < -0.4 is 4.90 Å². The molecule has 0 fully saturated rings. The van der Waals surface area contributed by atoms with Gasteiger partial charge in [-0.3, -0.25) is 9.78 Å². The minimum absolute atomic E-state index is 0.206. The molecule has 0 bridgehead atoms. The van der Waals surface area contributed by atoms with Gasteiger partial charge >= 0.3 is 0 Å². The number of benzene rings is 1. The number of carbonyl (C=O) groups excluding carboxylic acids is 1. The molecule has 0 saturated heterocycles. The summed E-state index contributed by atoms with van der Waals surface area (Å²) in [7, 11) is 1.68. The molecule has 1 aromatic carbocycles. The Morgan fingerprint density at radius 2 is 2.16 bits per heavy atom. The molecule has 1 amide bonds. The monoisotopic (exact) mass is 315 g/mol. The van der Waals surface area contributed by atoms with E-state index in [1.54, 1.807) is 7.05 Å². The molecule has 0 unspecified atom stereocenters. The maximum Gasteiger partial charge on any atom is 0.259 e. The van der Waals surface area contributed by atoms with Gasteiger partial charge in [0.2, 0.25) is 0 Å². The van der Waals surface area contributed by atoms with Crippen LogP contribution in [0.3, 0.4) is 0 Å². The summed E-state index contributed by atoms with van der Waals surface area (Å²) in [5.74, 6) is -0.206. The first kappa shape index (κ1) is 13.2. The molecule has 0 aliphatic heterocycles. The van der Waals surface area contributed by atoms with Gasteiger partial charge in [0.1, 0.15) is 6.07 Å². The zero-order valence-corrected chi connectivity index (χ0v) is 11.8. The van der Waals surface area contributed by atoms with Crippen LogP contribution in [-0.2, 0) is 0 Å². The Kier molecular flexibility index (Phi) is 3.93. The fraction of sp³-hybridized carbons (Fsp3) is 0.0714. The Bertz CT molecular complexity index is 664. The minimum atomic E-state index is -0.206. The Hall–Kier alpha value is -2.19. The number of halogens is 1. The van der Waals surface area contributed by atoms with Gasteiger partial charge in [-0.2, -0.15) is 5.26 Å². The van der Waals surface area contributed by atoms with Gasteiger partial charge in [0.05, 0.1) is 11.1 Å². The predicted octanol–water partition coefficient (Wildman–Crippen LogP) is 2.99. The van der Waals surface area contributed by atoms with Crippen molar-refractivity contribution in [3.63, 3.8) is 0 Å². The van der Waals surface area contributed by atoms with Gasteiger partial charge in [0.15, 0.2) is 0 Å². The average molecular weight is 316 g/mol. The number of hydrogen-bond donors (Lipinski definition) is 0. The number of aromatic nitrogens is 1. The lowest BCUT2D eigenvalue weighted by Gasteiger charge is -2.17. The highest BCUT2D eigenvalue weighted by Gasteiger charge is 2.14. The number of rotatable bonds is 2. The number of anilines is 1. The van der Waals surface area contributed by atoms with Crippen LogP contribution in [0.4, 0.5) is 5.69 Å². The molecule has 19 heavy (non-hydrogen) atoms. The van der Waals surface area contributed by atoms with Gasteiger partial charge in [-0.25, -0.2) is 0 Å². The second-order valence-electron chi connectivity index (χ2n) is 3.92. The number of amides is 1. The van der Waals surface area contributed by atoms with Crippen LogP contribution >= 0.6 is 15.9 Å². The number of hydrogen-bond acceptors (Lipinski definition) is 3. The van der Waals surface area contributed by atoms with Crippen molar-refractivity contribution in [1.82, 2.24) is 4.98 Å². The van der Waals surface area contributed by atoms with Crippen LogP contribution in [0, 0.1) is 11.3 Å². The summed E-state index contributed by atoms with van der Waals surface area (Å²) < 4.78 is 0.897. The van der Waals surface area contributed by atoms with Crippen LogP contribution in [0.15, 0.2) is 47.2 Å². The van der Waals surface area contributed by atoms with E-state index in [0.29, 0.717) is 11.1 Å². The number of pyridine rings is 1. The van der Waals surface area contributed by atoms with Crippen LogP contribution in [0.2, 0.25) is 0 Å². The third kappa shape index (κ3) is 2.98. The van der Waals surface area contributed by atoms with Crippen molar-refractivity contribution in [1.29, 1.82) is 5.26 Å². The van der Waals surface area contributed by atoms with Crippen LogP contribution in [-0.4, -0.2) is 17.9 Å². The maximum atomic E-state index is 12.3. The zero-order chi connectivity index (χ0) is 13.8. The standard InChI is InChI=1S/C14H10BrN3O/c1-18(13-4-2-3-12(15)6-13)14(19)11-5-10(7-16)8-17-9-11/h2-6,8-9H,1H3. The summed E-state index contributed by atoms with van der Waals surface area (Å²) in [6.45, 7) is 0. The van der Waals surface area contributed by atoms with Crippen LogP contribution in [0.5, 0.6) is 0 Å². The molecule has 0 atom stereocenters. The quantitative estimate of drug-likeness (QED) is 0.856. The molecule has 94 valence electrons. The molecule has 2 aromatic rings. The molecule has 0 aliphatic rings. The van der Waals surface area contributed by atoms with E-state index >= 15 is 0 Å². The summed E-state index contributed by atoms with van der Waals surface area (Å²) in [5.41, 5.74) is 1.52. The van der Waals surface area contributed by atoms with Crippen LogP contribution in [0.1, 0.15) is 15.9 Å². The summed E-state index contributed by atoms with van der Waals surface area (Å²) in [6, 6.07) is 10.9. The second-order valence-corrected chi connectivity index (χ2v) is 4.83. The fourth-order valence-corrected chi connectivity index (χ4v) is 2.00. The molecule has 0 radical (unpaired) electrons. The van der Waals surface area contributed by atoms with E-state index in [-0.39, 0.29) is 5.91 Å². The van der Waals surface area contributed by atoms with Crippen molar-refractivity contribution in [2.24, 2.45) is 0 Å². The fourth-order valence-electron chi connectivity index (χ4n) is 1.61. The molecule has 2 rings (SSSR count). The number of nitriles is 1. The number of carbonyl (C=O) groups is 1.